The molecule has 0 radical (unpaired) electrons. The van der Waals surface area contributed by atoms with Gasteiger partial charge in [0.15, 0.2) is 0 Å². The molecule has 1 unspecified atom stereocenters. The SMILES string of the molecule is [2H]C1C=C[C@@H](C)[C@@H](OCc2ccccc2)[C@@H](C)[C@@H]1O. The van der Waals surface area contributed by atoms with Crippen molar-refractivity contribution < 1.29 is 11.2 Å². The quantitative estimate of drug-likeness (QED) is 0.831. The van der Waals surface area contributed by atoms with Crippen LogP contribution in [0.4, 0.5) is 0 Å². The summed E-state index contributed by atoms with van der Waals surface area (Å²) in [5.74, 6) is 0.167. The van der Waals surface area contributed by atoms with Crippen molar-refractivity contribution in [1.82, 2.24) is 0 Å². The number of benzene rings is 1. The van der Waals surface area contributed by atoms with Gasteiger partial charge in [-0.15, -0.1) is 0 Å². The summed E-state index contributed by atoms with van der Waals surface area (Å²) in [5, 5.41) is 10.1. The fraction of sp³-hybridized carbons (Fsp3) is 0.500. The minimum absolute atomic E-state index is 0.0452. The number of hydrogen-bond acceptors (Lipinski definition) is 2. The van der Waals surface area contributed by atoms with Crippen LogP contribution in [0, 0.1) is 11.8 Å². The van der Waals surface area contributed by atoms with Gasteiger partial charge in [0.2, 0.25) is 0 Å². The maximum atomic E-state index is 10.1. The second-order valence-corrected chi connectivity index (χ2v) is 5.05. The highest BCUT2D eigenvalue weighted by Gasteiger charge is 2.29. The van der Waals surface area contributed by atoms with E-state index in [0.29, 0.717) is 6.61 Å². The van der Waals surface area contributed by atoms with Crippen LogP contribution in [-0.2, 0) is 11.3 Å². The lowest BCUT2D eigenvalue weighted by Gasteiger charge is -2.29. The van der Waals surface area contributed by atoms with Gasteiger partial charge in [-0.25, -0.2) is 0 Å². The van der Waals surface area contributed by atoms with Gasteiger partial charge in [-0.1, -0.05) is 56.3 Å². The summed E-state index contributed by atoms with van der Waals surface area (Å²) in [7, 11) is 0. The Labute approximate surface area is 111 Å². The monoisotopic (exact) mass is 247 g/mol. The lowest BCUT2D eigenvalue weighted by atomic mass is 9.91. The van der Waals surface area contributed by atoms with Crippen LogP contribution < -0.4 is 0 Å². The number of ether oxygens (including phenoxy) is 1. The van der Waals surface area contributed by atoms with Crippen LogP contribution in [0.5, 0.6) is 0 Å². The minimum Gasteiger partial charge on any atom is -0.392 e. The lowest BCUT2D eigenvalue weighted by Crippen LogP contribution is -2.34. The summed E-state index contributed by atoms with van der Waals surface area (Å²) in [6, 6.07) is 10.0. The van der Waals surface area contributed by atoms with Crippen LogP contribution in [0.1, 0.15) is 27.2 Å². The van der Waals surface area contributed by atoms with Crippen molar-refractivity contribution in [3.8, 4) is 0 Å². The smallest absolute Gasteiger partial charge is 0.0721 e. The first kappa shape index (κ1) is 11.9. The highest BCUT2D eigenvalue weighted by atomic mass is 16.5. The fourth-order valence-corrected chi connectivity index (χ4v) is 2.38. The van der Waals surface area contributed by atoms with E-state index in [9.17, 15) is 5.11 Å². The van der Waals surface area contributed by atoms with E-state index in [-0.39, 0.29) is 17.9 Å². The van der Waals surface area contributed by atoms with E-state index in [1.54, 1.807) is 6.08 Å². The van der Waals surface area contributed by atoms with Gasteiger partial charge in [0.1, 0.15) is 0 Å². The number of hydrogen-bond donors (Lipinski definition) is 1. The van der Waals surface area contributed by atoms with Crippen molar-refractivity contribution in [2.75, 3.05) is 0 Å². The first-order valence-electron chi connectivity index (χ1n) is 7.11. The fourth-order valence-electron chi connectivity index (χ4n) is 2.38. The third-order valence-corrected chi connectivity index (χ3v) is 3.58. The summed E-state index contributed by atoms with van der Waals surface area (Å²) in [5.41, 5.74) is 1.13. The van der Waals surface area contributed by atoms with Crippen molar-refractivity contribution in [1.29, 1.82) is 0 Å². The van der Waals surface area contributed by atoms with Gasteiger partial charge in [-0.2, -0.15) is 0 Å². The van der Waals surface area contributed by atoms with Gasteiger partial charge in [0.25, 0.3) is 0 Å². The molecule has 1 aliphatic rings. The van der Waals surface area contributed by atoms with Crippen molar-refractivity contribution in [3.05, 3.63) is 48.0 Å². The van der Waals surface area contributed by atoms with Crippen LogP contribution in [0.25, 0.3) is 0 Å². The summed E-state index contributed by atoms with van der Waals surface area (Å²) >= 11 is 0. The molecule has 0 heterocycles. The standard InChI is InChI=1S/C16H22O2/c1-12-7-6-10-15(17)13(2)16(12)18-11-14-8-4-3-5-9-14/h3-9,12-13,15-17H,10-11H2,1-2H3/t12-,13+,15-,16-/m1/s1/i10D/t10?,12-,13+,15-,16-. The first-order chi connectivity index (χ1) is 9.09. The summed E-state index contributed by atoms with van der Waals surface area (Å²) in [6.45, 7) is 4.59. The zero-order valence-electron chi connectivity index (χ0n) is 12.0. The predicted molar refractivity (Wildman–Crippen MR) is 73.1 cm³/mol. The van der Waals surface area contributed by atoms with E-state index in [2.05, 4.69) is 6.92 Å². The summed E-state index contributed by atoms with van der Waals surface area (Å²) in [6.07, 6.45) is 2.49. The first-order valence-corrected chi connectivity index (χ1v) is 6.53. The third-order valence-electron chi connectivity index (χ3n) is 3.58. The average Bonchev–Trinajstić information content (AvgIpc) is 2.52. The Morgan fingerprint density at radius 1 is 1.33 bits per heavy atom. The minimum atomic E-state index is -0.665. The number of aliphatic hydroxyl groups is 1. The molecule has 0 saturated carbocycles. The Morgan fingerprint density at radius 3 is 2.78 bits per heavy atom. The van der Waals surface area contributed by atoms with Gasteiger partial charge in [-0.05, 0) is 12.0 Å². The topological polar surface area (TPSA) is 29.5 Å². The van der Waals surface area contributed by atoms with Crippen LogP contribution in [0.15, 0.2) is 42.5 Å². The van der Waals surface area contributed by atoms with Crippen LogP contribution in [-0.4, -0.2) is 17.3 Å². The molecular weight excluding hydrogens is 224 g/mol. The maximum Gasteiger partial charge on any atom is 0.0721 e. The number of aliphatic hydroxyl groups excluding tert-OH is 1. The Kier molecular flexibility index (Phi) is 4.09. The van der Waals surface area contributed by atoms with Gasteiger partial charge in [-0.3, -0.25) is 0 Å². The van der Waals surface area contributed by atoms with Crippen LogP contribution >= 0.6 is 0 Å². The largest absolute Gasteiger partial charge is 0.392 e. The Balaban J connectivity index is 2.03. The van der Waals surface area contributed by atoms with Gasteiger partial charge in [0, 0.05) is 13.2 Å². The molecule has 98 valence electrons. The molecular formula is C16H22O2. The van der Waals surface area contributed by atoms with E-state index in [1.807, 2.05) is 43.3 Å². The molecule has 1 aromatic rings. The molecule has 0 fully saturated rings. The molecule has 1 N–H and O–H groups in total. The zero-order valence-corrected chi connectivity index (χ0v) is 11.0. The lowest BCUT2D eigenvalue weighted by molar-refractivity contribution is -0.0516. The second-order valence-electron chi connectivity index (χ2n) is 5.05. The predicted octanol–water partition coefficient (Wildman–Crippen LogP) is 3.16. The average molecular weight is 247 g/mol. The normalized spacial score (nSPS) is 37.1. The molecule has 1 aliphatic carbocycles. The number of rotatable bonds is 3. The summed E-state index contributed by atoms with van der Waals surface area (Å²) < 4.78 is 13.8. The van der Waals surface area contributed by atoms with E-state index in [0.717, 1.165) is 5.56 Å². The molecule has 0 saturated heterocycles. The maximum absolute atomic E-state index is 10.1. The van der Waals surface area contributed by atoms with Crippen LogP contribution in [0.3, 0.4) is 0 Å². The third kappa shape index (κ3) is 3.21. The highest BCUT2D eigenvalue weighted by molar-refractivity contribution is 5.13. The second kappa shape index (κ2) is 6.17. The molecule has 2 nitrogen and oxygen atoms in total. The Bertz CT molecular complexity index is 418. The molecule has 0 aromatic heterocycles. The van der Waals surface area contributed by atoms with Gasteiger partial charge < -0.3 is 9.84 Å². The molecule has 0 amide bonds. The van der Waals surface area contributed by atoms with Crippen LogP contribution in [0.2, 0.25) is 0 Å². The Morgan fingerprint density at radius 2 is 2.06 bits per heavy atom. The van der Waals surface area contributed by atoms with Crippen molar-refractivity contribution in [2.24, 2.45) is 11.8 Å². The molecule has 2 rings (SSSR count). The molecule has 0 spiro atoms. The van der Waals surface area contributed by atoms with Gasteiger partial charge >= 0.3 is 0 Å². The zero-order chi connectivity index (χ0) is 13.8. The van der Waals surface area contributed by atoms with E-state index >= 15 is 0 Å². The van der Waals surface area contributed by atoms with Crippen molar-refractivity contribution >= 4 is 0 Å². The molecule has 18 heavy (non-hydrogen) atoms. The van der Waals surface area contributed by atoms with Crippen molar-refractivity contribution in [2.45, 2.75) is 39.1 Å². The molecule has 2 heteroatoms. The molecule has 1 aromatic carbocycles. The van der Waals surface area contributed by atoms with E-state index < -0.39 is 12.5 Å². The Hall–Kier alpha value is -1.12. The molecule has 5 atom stereocenters. The molecule has 0 aliphatic heterocycles. The van der Waals surface area contributed by atoms with Gasteiger partial charge in [0.05, 0.1) is 18.8 Å². The highest BCUT2D eigenvalue weighted by Crippen LogP contribution is 2.27. The summed E-state index contributed by atoms with van der Waals surface area (Å²) in [4.78, 5) is 0. The molecule has 0 bridgehead atoms. The van der Waals surface area contributed by atoms with Crippen molar-refractivity contribution in [3.63, 3.8) is 0 Å². The van der Waals surface area contributed by atoms with E-state index in [4.69, 9.17) is 6.11 Å². The van der Waals surface area contributed by atoms with E-state index in [1.165, 1.54) is 0 Å².